The first-order valence-electron chi connectivity index (χ1n) is 2.89. The van der Waals surface area contributed by atoms with E-state index in [2.05, 4.69) is 0 Å². The lowest BCUT2D eigenvalue weighted by Gasteiger charge is -2.03. The van der Waals surface area contributed by atoms with Gasteiger partial charge in [-0.15, -0.1) is 0 Å². The lowest BCUT2D eigenvalue weighted by molar-refractivity contribution is -0.0328. The molecule has 0 atom stereocenters. The first-order chi connectivity index (χ1) is 5.08. The van der Waals surface area contributed by atoms with Crippen LogP contribution < -0.4 is 0 Å². The zero-order valence-corrected chi connectivity index (χ0v) is 6.25. The number of benzene rings is 1. The molecule has 0 aliphatic heterocycles. The molecule has 0 unspecified atom stereocenters. The van der Waals surface area contributed by atoms with Crippen LogP contribution in [0.5, 0.6) is 0 Å². The van der Waals surface area contributed by atoms with Gasteiger partial charge >= 0.3 is 5.51 Å². The minimum Gasteiger partial charge on any atom is -0.160 e. The monoisotopic (exact) mass is 192 g/mol. The van der Waals surface area contributed by atoms with E-state index in [0.717, 1.165) is 0 Å². The molecular formula is C7H8BF3S. The van der Waals surface area contributed by atoms with Crippen LogP contribution in [0.25, 0.3) is 0 Å². The zero-order chi connectivity index (χ0) is 8.32. The van der Waals surface area contributed by atoms with Crippen LogP contribution in [0.1, 0.15) is 0 Å². The zero-order valence-electron chi connectivity index (χ0n) is 5.43. The summed E-state index contributed by atoms with van der Waals surface area (Å²) in [5.41, 5.74) is -4.18. The summed E-state index contributed by atoms with van der Waals surface area (Å²) in [5, 5.41) is 0. The number of thioether (sulfide) groups is 1. The smallest absolute Gasteiger partial charge is 0.160 e. The first-order valence-corrected chi connectivity index (χ1v) is 3.70. The Bertz CT molecular complexity index is 222. The Morgan fingerprint density at radius 2 is 1.50 bits per heavy atom. The Morgan fingerprint density at radius 3 is 1.92 bits per heavy atom. The quantitative estimate of drug-likeness (QED) is 0.485. The summed E-state index contributed by atoms with van der Waals surface area (Å²) in [7, 11) is 0. The molecule has 1 rings (SSSR count). The van der Waals surface area contributed by atoms with E-state index in [4.69, 9.17) is 0 Å². The fraction of sp³-hybridized carbons (Fsp3) is 0.143. The molecule has 0 amide bonds. The Hall–Kier alpha value is -0.575. The second kappa shape index (κ2) is 4.45. The second-order valence-corrected chi connectivity index (χ2v) is 3.00. The Balaban J connectivity index is 0.00000121. The summed E-state index contributed by atoms with van der Waals surface area (Å²) >= 11 is -0.0993. The van der Waals surface area contributed by atoms with E-state index >= 15 is 0 Å². The molecule has 0 N–H and O–H groups in total. The van der Waals surface area contributed by atoms with Gasteiger partial charge in [0.1, 0.15) is 0 Å². The Morgan fingerprint density at radius 1 is 1.00 bits per heavy atom. The summed E-state index contributed by atoms with van der Waals surface area (Å²) in [6, 6.07) is 7.69. The van der Waals surface area contributed by atoms with Crippen molar-refractivity contribution in [2.75, 3.05) is 0 Å². The maximum absolute atomic E-state index is 11.7. The number of hydrogen-bond acceptors (Lipinski definition) is 1. The lowest BCUT2D eigenvalue weighted by atomic mass is 10.4. The third-order valence-electron chi connectivity index (χ3n) is 0.977. The summed E-state index contributed by atoms with van der Waals surface area (Å²) in [4.78, 5) is 0.222. The van der Waals surface area contributed by atoms with Crippen LogP contribution in [0.2, 0.25) is 0 Å². The molecule has 0 bridgehead atoms. The summed E-state index contributed by atoms with van der Waals surface area (Å²) < 4.78 is 35.1. The van der Waals surface area contributed by atoms with E-state index in [-0.39, 0.29) is 25.1 Å². The SMILES string of the molecule is B.FC(F)(F)Sc1ccccc1. The van der Waals surface area contributed by atoms with Crippen LogP contribution in [0.15, 0.2) is 35.2 Å². The summed E-state index contributed by atoms with van der Waals surface area (Å²) in [5.74, 6) is 0. The number of hydrogen-bond donors (Lipinski definition) is 0. The normalized spacial score (nSPS) is 10.6. The number of alkyl halides is 3. The largest absolute Gasteiger partial charge is 0.446 e. The molecule has 0 aliphatic rings. The van der Waals surface area contributed by atoms with E-state index < -0.39 is 5.51 Å². The van der Waals surface area contributed by atoms with Crippen molar-refractivity contribution in [3.8, 4) is 0 Å². The van der Waals surface area contributed by atoms with E-state index in [9.17, 15) is 13.2 Å². The van der Waals surface area contributed by atoms with Crippen LogP contribution in [-0.4, -0.2) is 13.9 Å². The molecule has 0 aromatic heterocycles. The molecular weight excluding hydrogens is 184 g/mol. The van der Waals surface area contributed by atoms with E-state index in [1.54, 1.807) is 18.2 Å². The van der Waals surface area contributed by atoms with E-state index in [1.807, 2.05) is 0 Å². The van der Waals surface area contributed by atoms with E-state index in [0.29, 0.717) is 0 Å². The third-order valence-corrected chi connectivity index (χ3v) is 1.72. The van der Waals surface area contributed by atoms with Gasteiger partial charge in [-0.05, 0) is 23.9 Å². The predicted octanol–water partition coefficient (Wildman–Crippen LogP) is 2.11. The fourth-order valence-corrected chi connectivity index (χ4v) is 1.18. The standard InChI is InChI=1S/C7H5F3S.BH3/c8-7(9,10)11-6-4-2-1-3-5-6;/h1-5H;1H3. The summed E-state index contributed by atoms with van der Waals surface area (Å²) in [6.07, 6.45) is 0. The molecule has 0 radical (unpaired) electrons. The van der Waals surface area contributed by atoms with Gasteiger partial charge in [0.2, 0.25) is 0 Å². The molecule has 0 aliphatic carbocycles. The molecule has 0 heterocycles. The van der Waals surface area contributed by atoms with Gasteiger partial charge in [-0.25, -0.2) is 0 Å². The molecule has 0 nitrogen and oxygen atoms in total. The van der Waals surface area contributed by atoms with Gasteiger partial charge in [0, 0.05) is 4.90 Å². The van der Waals surface area contributed by atoms with Gasteiger partial charge in [0.25, 0.3) is 0 Å². The van der Waals surface area contributed by atoms with Crippen LogP contribution >= 0.6 is 11.8 Å². The van der Waals surface area contributed by atoms with Crippen molar-refractivity contribution in [3.05, 3.63) is 30.3 Å². The van der Waals surface area contributed by atoms with E-state index in [1.165, 1.54) is 12.1 Å². The second-order valence-electron chi connectivity index (χ2n) is 1.86. The Labute approximate surface area is 74.7 Å². The molecule has 12 heavy (non-hydrogen) atoms. The predicted molar refractivity (Wildman–Crippen MR) is 48.3 cm³/mol. The minimum absolute atomic E-state index is 0. The van der Waals surface area contributed by atoms with Gasteiger partial charge in [0.05, 0.1) is 8.41 Å². The van der Waals surface area contributed by atoms with Crippen molar-refractivity contribution in [1.82, 2.24) is 0 Å². The van der Waals surface area contributed by atoms with Crippen molar-refractivity contribution in [2.45, 2.75) is 10.4 Å². The van der Waals surface area contributed by atoms with Crippen LogP contribution in [0.4, 0.5) is 13.2 Å². The minimum atomic E-state index is -4.18. The van der Waals surface area contributed by atoms with Crippen molar-refractivity contribution in [1.29, 1.82) is 0 Å². The molecule has 1 aromatic rings. The van der Waals surface area contributed by atoms with Crippen molar-refractivity contribution < 1.29 is 13.2 Å². The van der Waals surface area contributed by atoms with Crippen LogP contribution in [0.3, 0.4) is 0 Å². The van der Waals surface area contributed by atoms with Gasteiger partial charge in [-0.3, -0.25) is 0 Å². The highest BCUT2D eigenvalue weighted by Gasteiger charge is 2.28. The average Bonchev–Trinajstić information content (AvgIpc) is 1.85. The number of halogens is 3. The van der Waals surface area contributed by atoms with Gasteiger partial charge < -0.3 is 0 Å². The molecule has 1 aromatic carbocycles. The van der Waals surface area contributed by atoms with Crippen LogP contribution in [0, 0.1) is 0 Å². The van der Waals surface area contributed by atoms with Crippen molar-refractivity contribution in [2.24, 2.45) is 0 Å². The number of rotatable bonds is 1. The highest BCUT2D eigenvalue weighted by atomic mass is 32.2. The topological polar surface area (TPSA) is 0 Å². The highest BCUT2D eigenvalue weighted by molar-refractivity contribution is 8.00. The molecule has 0 saturated heterocycles. The van der Waals surface area contributed by atoms with Gasteiger partial charge in [-0.1, -0.05) is 18.2 Å². The third kappa shape index (κ3) is 4.33. The summed E-state index contributed by atoms with van der Waals surface area (Å²) in [6.45, 7) is 0. The molecule has 5 heteroatoms. The van der Waals surface area contributed by atoms with Crippen molar-refractivity contribution >= 4 is 20.2 Å². The fourth-order valence-electron chi connectivity index (χ4n) is 0.622. The van der Waals surface area contributed by atoms with Crippen LogP contribution in [-0.2, 0) is 0 Å². The molecule has 0 fully saturated rings. The first kappa shape index (κ1) is 11.4. The molecule has 0 saturated carbocycles. The Kier molecular flexibility index (Phi) is 4.24. The maximum Gasteiger partial charge on any atom is 0.446 e. The molecule has 66 valence electrons. The van der Waals surface area contributed by atoms with Gasteiger partial charge in [-0.2, -0.15) is 13.2 Å². The van der Waals surface area contributed by atoms with Crippen molar-refractivity contribution in [3.63, 3.8) is 0 Å². The maximum atomic E-state index is 11.7. The average molecular weight is 192 g/mol. The molecule has 0 spiro atoms. The van der Waals surface area contributed by atoms with Gasteiger partial charge in [0.15, 0.2) is 0 Å². The highest BCUT2D eigenvalue weighted by Crippen LogP contribution is 2.36. The lowest BCUT2D eigenvalue weighted by Crippen LogP contribution is -1.98.